The van der Waals surface area contributed by atoms with Gasteiger partial charge in [-0.3, -0.25) is 0 Å². The molecule has 2 aliphatic rings. The van der Waals surface area contributed by atoms with Crippen molar-refractivity contribution in [3.8, 4) is 0 Å². The fraction of sp³-hybridized carbons (Fsp3) is 1.00. The first-order valence-electron chi connectivity index (χ1n) is 4.72. The van der Waals surface area contributed by atoms with Crippen molar-refractivity contribution in [3.05, 3.63) is 0 Å². The van der Waals surface area contributed by atoms with Crippen molar-refractivity contribution < 1.29 is 18.3 Å². The summed E-state index contributed by atoms with van der Waals surface area (Å²) < 4.78 is 28.4. The summed E-state index contributed by atoms with van der Waals surface area (Å²) in [4.78, 5) is 0. The average Bonchev–Trinajstić information content (AvgIpc) is 2.69. The van der Waals surface area contributed by atoms with E-state index in [0.29, 0.717) is 6.42 Å². The molecule has 82 valence electrons. The molecule has 3 atom stereocenters. The molecule has 0 aromatic rings. The van der Waals surface area contributed by atoms with Crippen LogP contribution in [0.15, 0.2) is 0 Å². The van der Waals surface area contributed by atoms with Crippen LogP contribution in [-0.4, -0.2) is 48.4 Å². The second-order valence-corrected chi connectivity index (χ2v) is 7.06. The van der Waals surface area contributed by atoms with Gasteiger partial charge in [-0.15, -0.1) is 0 Å². The van der Waals surface area contributed by atoms with Crippen LogP contribution >= 0.6 is 11.8 Å². The van der Waals surface area contributed by atoms with Gasteiger partial charge in [-0.1, -0.05) is 0 Å². The Balaban J connectivity index is 2.01. The Morgan fingerprint density at radius 3 is 2.64 bits per heavy atom. The lowest BCUT2D eigenvalue weighted by Gasteiger charge is -2.19. The second-order valence-electron chi connectivity index (χ2n) is 3.71. The quantitative estimate of drug-likeness (QED) is 0.734. The van der Waals surface area contributed by atoms with Gasteiger partial charge in [0.25, 0.3) is 0 Å². The Bertz CT molecular complexity index is 294. The highest BCUT2D eigenvalue weighted by Crippen LogP contribution is 2.28. The number of hydrogen-bond acceptors (Lipinski definition) is 5. The lowest BCUT2D eigenvalue weighted by Crippen LogP contribution is -2.33. The molecule has 0 aromatic heterocycles. The van der Waals surface area contributed by atoms with Crippen molar-refractivity contribution in [2.45, 2.75) is 30.5 Å². The number of sulfone groups is 1. The van der Waals surface area contributed by atoms with Crippen molar-refractivity contribution in [1.29, 1.82) is 0 Å². The Hall–Kier alpha value is 0.220. The monoisotopic (exact) mass is 238 g/mol. The van der Waals surface area contributed by atoms with Gasteiger partial charge < -0.3 is 9.84 Å². The topological polar surface area (TPSA) is 63.6 Å². The van der Waals surface area contributed by atoms with Crippen molar-refractivity contribution in [2.75, 3.05) is 17.3 Å². The molecule has 3 unspecified atom stereocenters. The van der Waals surface area contributed by atoms with E-state index in [1.165, 1.54) is 0 Å². The number of aliphatic hydroxyl groups is 1. The maximum atomic E-state index is 11.5. The lowest BCUT2D eigenvalue weighted by molar-refractivity contribution is -0.0181. The highest BCUT2D eigenvalue weighted by atomic mass is 32.2. The minimum absolute atomic E-state index is 0.00697. The van der Waals surface area contributed by atoms with Gasteiger partial charge in [-0.2, -0.15) is 11.8 Å². The number of ether oxygens (including phenoxy) is 1. The van der Waals surface area contributed by atoms with Gasteiger partial charge in [0.1, 0.15) is 0 Å². The molecule has 2 fully saturated rings. The highest BCUT2D eigenvalue weighted by Gasteiger charge is 2.41. The van der Waals surface area contributed by atoms with Crippen LogP contribution < -0.4 is 0 Å². The average molecular weight is 238 g/mol. The molecule has 2 aliphatic heterocycles. The van der Waals surface area contributed by atoms with E-state index in [4.69, 9.17) is 4.74 Å². The van der Waals surface area contributed by atoms with Crippen LogP contribution in [0.25, 0.3) is 0 Å². The second kappa shape index (κ2) is 4.00. The maximum absolute atomic E-state index is 11.5. The molecule has 14 heavy (non-hydrogen) atoms. The number of rotatable bonds is 2. The molecule has 0 saturated carbocycles. The van der Waals surface area contributed by atoms with Crippen LogP contribution in [0.1, 0.15) is 12.8 Å². The summed E-state index contributed by atoms with van der Waals surface area (Å²) in [6.07, 6.45) is 0.383. The molecule has 4 nitrogen and oxygen atoms in total. The predicted octanol–water partition coefficient (Wildman–Crippen LogP) is 0.0140. The molecule has 2 heterocycles. The van der Waals surface area contributed by atoms with Gasteiger partial charge in [-0.05, 0) is 18.6 Å². The van der Waals surface area contributed by atoms with Crippen LogP contribution in [-0.2, 0) is 14.6 Å². The zero-order chi connectivity index (χ0) is 10.2. The summed E-state index contributed by atoms with van der Waals surface area (Å²) in [7, 11) is -3.21. The van der Waals surface area contributed by atoms with E-state index < -0.39 is 21.4 Å². The van der Waals surface area contributed by atoms with Crippen molar-refractivity contribution in [3.63, 3.8) is 0 Å². The summed E-state index contributed by atoms with van der Waals surface area (Å²) >= 11 is 1.77. The summed E-state index contributed by atoms with van der Waals surface area (Å²) in [6, 6.07) is 0. The third-order valence-corrected chi connectivity index (χ3v) is 5.65. The molecule has 0 radical (unpaired) electrons. The molecule has 6 heteroatoms. The lowest BCUT2D eigenvalue weighted by atomic mass is 10.3. The zero-order valence-corrected chi connectivity index (χ0v) is 9.39. The fourth-order valence-corrected chi connectivity index (χ4v) is 4.61. The van der Waals surface area contributed by atoms with E-state index >= 15 is 0 Å². The summed E-state index contributed by atoms with van der Waals surface area (Å²) in [5, 5.41) is 9.47. The molecular weight excluding hydrogens is 224 g/mol. The van der Waals surface area contributed by atoms with Crippen molar-refractivity contribution >= 4 is 21.6 Å². The first-order valence-corrected chi connectivity index (χ1v) is 7.59. The third kappa shape index (κ3) is 2.08. The molecule has 0 aromatic carbocycles. The predicted molar refractivity (Wildman–Crippen MR) is 55.0 cm³/mol. The first-order chi connectivity index (χ1) is 6.59. The Morgan fingerprint density at radius 2 is 2.14 bits per heavy atom. The van der Waals surface area contributed by atoms with Crippen molar-refractivity contribution in [2.24, 2.45) is 0 Å². The standard InChI is InChI=1S/C8H14O4S2/c9-7-2-4-14(10,11)8(7)12-6-1-3-13-5-6/h6-9H,1-5H2. The van der Waals surface area contributed by atoms with Gasteiger partial charge in [0, 0.05) is 5.75 Å². The van der Waals surface area contributed by atoms with E-state index in [0.717, 1.165) is 17.9 Å². The highest BCUT2D eigenvalue weighted by molar-refractivity contribution is 7.99. The van der Waals surface area contributed by atoms with Gasteiger partial charge >= 0.3 is 0 Å². The maximum Gasteiger partial charge on any atom is 0.184 e. The van der Waals surface area contributed by atoms with Crippen LogP contribution in [0.3, 0.4) is 0 Å². The molecule has 2 saturated heterocycles. The van der Waals surface area contributed by atoms with Gasteiger partial charge in [-0.25, -0.2) is 8.42 Å². The van der Waals surface area contributed by atoms with E-state index in [1.807, 2.05) is 0 Å². The molecule has 2 rings (SSSR count). The van der Waals surface area contributed by atoms with Crippen LogP contribution in [0.5, 0.6) is 0 Å². The van der Waals surface area contributed by atoms with Gasteiger partial charge in [0.05, 0.1) is 18.0 Å². The van der Waals surface area contributed by atoms with Crippen molar-refractivity contribution in [1.82, 2.24) is 0 Å². The van der Waals surface area contributed by atoms with Crippen LogP contribution in [0.4, 0.5) is 0 Å². The summed E-state index contributed by atoms with van der Waals surface area (Å²) in [6.45, 7) is 0. The molecular formula is C8H14O4S2. The van der Waals surface area contributed by atoms with E-state index in [1.54, 1.807) is 11.8 Å². The first kappa shape index (κ1) is 10.7. The number of thioether (sulfide) groups is 1. The zero-order valence-electron chi connectivity index (χ0n) is 7.76. The Labute approximate surface area is 87.9 Å². The Morgan fingerprint density at radius 1 is 1.36 bits per heavy atom. The van der Waals surface area contributed by atoms with E-state index in [2.05, 4.69) is 0 Å². The molecule has 1 N–H and O–H groups in total. The molecule has 0 amide bonds. The van der Waals surface area contributed by atoms with E-state index in [-0.39, 0.29) is 11.9 Å². The normalized spacial score (nSPS) is 41.6. The molecule has 0 spiro atoms. The Kier molecular flexibility index (Phi) is 3.06. The number of aliphatic hydroxyl groups excluding tert-OH is 1. The van der Waals surface area contributed by atoms with Gasteiger partial charge in [0.2, 0.25) is 0 Å². The third-order valence-electron chi connectivity index (χ3n) is 2.58. The number of hydrogen-bond donors (Lipinski definition) is 1. The minimum atomic E-state index is -3.21. The largest absolute Gasteiger partial charge is 0.389 e. The van der Waals surface area contributed by atoms with Gasteiger partial charge in [0.15, 0.2) is 15.3 Å². The minimum Gasteiger partial charge on any atom is -0.389 e. The van der Waals surface area contributed by atoms with E-state index in [9.17, 15) is 13.5 Å². The SMILES string of the molecule is O=S1(=O)CCC(O)C1OC1CCSC1. The molecule has 0 aliphatic carbocycles. The summed E-state index contributed by atoms with van der Waals surface area (Å²) in [5.74, 6) is 1.92. The molecule has 0 bridgehead atoms. The smallest absolute Gasteiger partial charge is 0.184 e. The van der Waals surface area contributed by atoms with Crippen LogP contribution in [0, 0.1) is 0 Å². The summed E-state index contributed by atoms with van der Waals surface area (Å²) in [5.41, 5.74) is -0.966. The van der Waals surface area contributed by atoms with Crippen LogP contribution in [0.2, 0.25) is 0 Å². The fourth-order valence-electron chi connectivity index (χ4n) is 1.76.